The van der Waals surface area contributed by atoms with Crippen molar-refractivity contribution in [3.05, 3.63) is 82.1 Å². The summed E-state index contributed by atoms with van der Waals surface area (Å²) in [4.78, 5) is 24.6. The number of rotatable bonds is 5. The van der Waals surface area contributed by atoms with E-state index in [0.717, 1.165) is 17.1 Å². The number of para-hydroxylation sites is 1. The number of carbonyl (C=O) groups excluding carboxylic acids is 1. The van der Waals surface area contributed by atoms with Gasteiger partial charge in [0.1, 0.15) is 9.77 Å². The van der Waals surface area contributed by atoms with E-state index in [1.54, 1.807) is 12.1 Å². The van der Waals surface area contributed by atoms with E-state index in [-0.39, 0.29) is 17.1 Å². The molecule has 6 heteroatoms. The van der Waals surface area contributed by atoms with E-state index >= 15 is 0 Å². The van der Waals surface area contributed by atoms with Crippen LogP contribution in [0.15, 0.2) is 69.7 Å². The first-order valence-electron chi connectivity index (χ1n) is 7.33. The van der Waals surface area contributed by atoms with Crippen LogP contribution in [0.2, 0.25) is 0 Å². The SMILES string of the molecule is CC(=O)c1c(S(=O)Cc2ccccc2)sn(-c2ccccc2)c1=O. The highest BCUT2D eigenvalue weighted by atomic mass is 32.2. The summed E-state index contributed by atoms with van der Waals surface area (Å²) in [5, 5.41) is 0. The molecule has 2 aromatic carbocycles. The van der Waals surface area contributed by atoms with Gasteiger partial charge in [-0.15, -0.1) is 0 Å². The van der Waals surface area contributed by atoms with E-state index in [1.165, 1.54) is 10.9 Å². The van der Waals surface area contributed by atoms with Crippen molar-refractivity contribution in [1.29, 1.82) is 0 Å². The van der Waals surface area contributed by atoms with E-state index in [2.05, 4.69) is 0 Å². The highest BCUT2D eigenvalue weighted by Crippen LogP contribution is 2.23. The molecule has 1 atom stereocenters. The molecule has 0 fully saturated rings. The van der Waals surface area contributed by atoms with E-state index in [9.17, 15) is 13.8 Å². The van der Waals surface area contributed by atoms with Crippen molar-refractivity contribution in [2.75, 3.05) is 0 Å². The number of hydrogen-bond donors (Lipinski definition) is 0. The van der Waals surface area contributed by atoms with Gasteiger partial charge in [-0.3, -0.25) is 13.8 Å². The first-order chi connectivity index (χ1) is 11.6. The Morgan fingerprint density at radius 2 is 1.62 bits per heavy atom. The maximum atomic E-state index is 12.8. The Labute approximate surface area is 146 Å². The van der Waals surface area contributed by atoms with Crippen LogP contribution < -0.4 is 5.56 Å². The van der Waals surface area contributed by atoms with E-state index in [0.29, 0.717) is 9.90 Å². The Balaban J connectivity index is 2.06. The van der Waals surface area contributed by atoms with Crippen LogP contribution in [0.1, 0.15) is 22.8 Å². The molecule has 0 aliphatic rings. The Kier molecular flexibility index (Phi) is 4.87. The number of hydrogen-bond acceptors (Lipinski definition) is 4. The molecular weight excluding hydrogens is 342 g/mol. The van der Waals surface area contributed by atoms with Crippen molar-refractivity contribution in [2.45, 2.75) is 16.9 Å². The van der Waals surface area contributed by atoms with Crippen molar-refractivity contribution >= 4 is 28.1 Å². The molecule has 0 aliphatic carbocycles. The summed E-state index contributed by atoms with van der Waals surface area (Å²) >= 11 is 1.08. The Bertz CT molecular complexity index is 943. The predicted octanol–water partition coefficient (Wildman–Crippen LogP) is 3.41. The summed E-state index contributed by atoms with van der Waals surface area (Å²) in [6.45, 7) is 1.34. The summed E-state index contributed by atoms with van der Waals surface area (Å²) in [5.74, 6) is -0.0853. The molecule has 1 unspecified atom stereocenters. The normalized spacial score (nSPS) is 12.0. The Morgan fingerprint density at radius 1 is 1.04 bits per heavy atom. The number of aromatic nitrogens is 1. The van der Waals surface area contributed by atoms with Crippen LogP contribution in [-0.4, -0.2) is 13.9 Å². The van der Waals surface area contributed by atoms with Gasteiger partial charge in [0.25, 0.3) is 5.56 Å². The average Bonchev–Trinajstić information content (AvgIpc) is 2.94. The van der Waals surface area contributed by atoms with Gasteiger partial charge in [0.15, 0.2) is 5.78 Å². The molecule has 1 heterocycles. The molecule has 3 aromatic rings. The molecule has 0 bridgehead atoms. The number of carbonyl (C=O) groups is 1. The summed E-state index contributed by atoms with van der Waals surface area (Å²) in [7, 11) is -1.45. The Hall–Kier alpha value is -2.31. The minimum Gasteiger partial charge on any atom is -0.294 e. The van der Waals surface area contributed by atoms with Gasteiger partial charge in [-0.25, -0.2) is 3.96 Å². The lowest BCUT2D eigenvalue weighted by atomic mass is 10.2. The highest BCUT2D eigenvalue weighted by molar-refractivity contribution is 7.86. The predicted molar refractivity (Wildman–Crippen MR) is 96.5 cm³/mol. The first kappa shape index (κ1) is 16.5. The van der Waals surface area contributed by atoms with Gasteiger partial charge in [-0.1, -0.05) is 48.5 Å². The molecular formula is C18H15NO3S2. The molecule has 0 aliphatic heterocycles. The Morgan fingerprint density at radius 3 is 2.21 bits per heavy atom. The lowest BCUT2D eigenvalue weighted by molar-refractivity contribution is 0.101. The third-order valence-electron chi connectivity index (χ3n) is 3.47. The van der Waals surface area contributed by atoms with Gasteiger partial charge in [0.05, 0.1) is 22.2 Å². The second kappa shape index (κ2) is 7.07. The zero-order valence-corrected chi connectivity index (χ0v) is 14.6. The number of benzene rings is 2. The van der Waals surface area contributed by atoms with Crippen LogP contribution in [0.4, 0.5) is 0 Å². The van der Waals surface area contributed by atoms with Crippen molar-refractivity contribution in [3.63, 3.8) is 0 Å². The molecule has 122 valence electrons. The molecule has 4 nitrogen and oxygen atoms in total. The fraction of sp³-hybridized carbons (Fsp3) is 0.111. The first-order valence-corrected chi connectivity index (χ1v) is 9.42. The summed E-state index contributed by atoms with van der Waals surface area (Å²) in [6, 6.07) is 18.4. The third kappa shape index (κ3) is 3.29. The second-order valence-corrected chi connectivity index (χ2v) is 7.82. The quantitative estimate of drug-likeness (QED) is 0.658. The maximum absolute atomic E-state index is 12.8. The smallest absolute Gasteiger partial charge is 0.277 e. The fourth-order valence-electron chi connectivity index (χ4n) is 2.33. The number of ketones is 1. The van der Waals surface area contributed by atoms with E-state index in [4.69, 9.17) is 0 Å². The molecule has 0 saturated carbocycles. The standard InChI is InChI=1S/C18H15NO3S2/c1-13(20)16-17(21)19(15-10-6-3-7-11-15)23-18(16)24(22)12-14-8-4-2-5-9-14/h2-11H,12H2,1H3. The molecule has 0 N–H and O–H groups in total. The summed E-state index contributed by atoms with van der Waals surface area (Å²) < 4.78 is 14.5. The summed E-state index contributed by atoms with van der Waals surface area (Å²) in [6.07, 6.45) is 0. The van der Waals surface area contributed by atoms with Crippen LogP contribution in [0.25, 0.3) is 5.69 Å². The monoisotopic (exact) mass is 357 g/mol. The van der Waals surface area contributed by atoms with Crippen LogP contribution in [0, 0.1) is 0 Å². The van der Waals surface area contributed by atoms with Gasteiger partial charge in [0.2, 0.25) is 0 Å². The fourth-order valence-corrected chi connectivity index (χ4v) is 5.04. The molecule has 3 rings (SSSR count). The molecule has 0 saturated heterocycles. The van der Waals surface area contributed by atoms with Crippen molar-refractivity contribution in [2.24, 2.45) is 0 Å². The topological polar surface area (TPSA) is 56.1 Å². The summed E-state index contributed by atoms with van der Waals surface area (Å²) in [5.41, 5.74) is 1.18. The van der Waals surface area contributed by atoms with Gasteiger partial charge < -0.3 is 0 Å². The van der Waals surface area contributed by atoms with Crippen molar-refractivity contribution in [1.82, 2.24) is 3.96 Å². The molecule has 0 amide bonds. The molecule has 1 aromatic heterocycles. The zero-order chi connectivity index (χ0) is 17.1. The van der Waals surface area contributed by atoms with Crippen molar-refractivity contribution < 1.29 is 9.00 Å². The van der Waals surface area contributed by atoms with Crippen molar-refractivity contribution in [3.8, 4) is 5.69 Å². The van der Waals surface area contributed by atoms with Crippen LogP contribution in [0.5, 0.6) is 0 Å². The zero-order valence-electron chi connectivity index (χ0n) is 13.0. The van der Waals surface area contributed by atoms with Crippen LogP contribution in [0.3, 0.4) is 0 Å². The van der Waals surface area contributed by atoms with Gasteiger partial charge in [0, 0.05) is 0 Å². The molecule has 0 radical (unpaired) electrons. The maximum Gasteiger partial charge on any atom is 0.277 e. The van der Waals surface area contributed by atoms with E-state index in [1.807, 2.05) is 48.5 Å². The second-order valence-electron chi connectivity index (χ2n) is 5.22. The van der Waals surface area contributed by atoms with Gasteiger partial charge in [-0.2, -0.15) is 0 Å². The number of nitrogens with zero attached hydrogens (tertiary/aromatic N) is 1. The number of Topliss-reactive ketones (excluding diaryl/α,β-unsaturated/α-hetero) is 1. The minimum atomic E-state index is -1.45. The van der Waals surface area contributed by atoms with Crippen LogP contribution >= 0.6 is 11.5 Å². The van der Waals surface area contributed by atoms with Crippen LogP contribution in [-0.2, 0) is 16.6 Å². The van der Waals surface area contributed by atoms with E-state index < -0.39 is 16.4 Å². The minimum absolute atomic E-state index is 0.0260. The lowest BCUT2D eigenvalue weighted by Gasteiger charge is -2.01. The largest absolute Gasteiger partial charge is 0.294 e. The third-order valence-corrected chi connectivity index (χ3v) is 6.39. The lowest BCUT2D eigenvalue weighted by Crippen LogP contribution is -2.18. The molecule has 0 spiro atoms. The highest BCUT2D eigenvalue weighted by Gasteiger charge is 2.24. The average molecular weight is 357 g/mol. The molecule has 24 heavy (non-hydrogen) atoms. The van der Waals surface area contributed by atoms with Gasteiger partial charge >= 0.3 is 0 Å². The van der Waals surface area contributed by atoms with Gasteiger partial charge in [-0.05, 0) is 36.2 Å².